The number of carbonyl (C=O) groups is 1. The molecule has 0 heterocycles. The molecule has 0 radical (unpaired) electrons. The summed E-state index contributed by atoms with van der Waals surface area (Å²) in [7, 11) is 0. The SMILES string of the molecule is O=Cc1cc2ccccc2cc1N=O. The summed E-state index contributed by atoms with van der Waals surface area (Å²) < 4.78 is 0. The number of fused-ring (bicyclic) bond motifs is 1. The molecule has 2 aromatic rings. The minimum atomic E-state index is 0.193. The van der Waals surface area contributed by atoms with Crippen molar-refractivity contribution in [1.29, 1.82) is 0 Å². The number of aldehydes is 1. The van der Waals surface area contributed by atoms with Crippen molar-refractivity contribution in [1.82, 2.24) is 0 Å². The van der Waals surface area contributed by atoms with Crippen LogP contribution < -0.4 is 0 Å². The predicted octanol–water partition coefficient (Wildman–Crippen LogP) is 3.05. The van der Waals surface area contributed by atoms with Crippen LogP contribution in [-0.2, 0) is 0 Å². The standard InChI is InChI=1S/C11H7NO2/c13-7-10-5-8-3-1-2-4-9(8)6-11(10)12-14/h1-7H. The van der Waals surface area contributed by atoms with Gasteiger partial charge in [0.2, 0.25) is 0 Å². The topological polar surface area (TPSA) is 46.5 Å². The Morgan fingerprint density at radius 2 is 1.71 bits per heavy atom. The molecule has 0 atom stereocenters. The lowest BCUT2D eigenvalue weighted by Gasteiger charge is -1.99. The molecule has 0 spiro atoms. The molecule has 0 aromatic heterocycles. The van der Waals surface area contributed by atoms with E-state index in [2.05, 4.69) is 5.18 Å². The summed E-state index contributed by atoms with van der Waals surface area (Å²) in [5.41, 5.74) is 0.525. The van der Waals surface area contributed by atoms with Gasteiger partial charge >= 0.3 is 0 Å². The molecular weight excluding hydrogens is 178 g/mol. The largest absolute Gasteiger partial charge is 0.298 e. The molecule has 3 nitrogen and oxygen atoms in total. The second-order valence-corrected chi connectivity index (χ2v) is 2.97. The van der Waals surface area contributed by atoms with Crippen molar-refractivity contribution in [2.75, 3.05) is 0 Å². The van der Waals surface area contributed by atoms with Gasteiger partial charge in [-0.15, -0.1) is 4.91 Å². The van der Waals surface area contributed by atoms with Crippen molar-refractivity contribution in [3.05, 3.63) is 46.9 Å². The first kappa shape index (κ1) is 8.56. The molecule has 0 saturated carbocycles. The van der Waals surface area contributed by atoms with Gasteiger partial charge in [0.05, 0.1) is 0 Å². The molecule has 0 amide bonds. The maximum atomic E-state index is 10.6. The molecule has 2 rings (SSSR count). The van der Waals surface area contributed by atoms with E-state index in [1.165, 1.54) is 0 Å². The zero-order valence-corrected chi connectivity index (χ0v) is 7.31. The highest BCUT2D eigenvalue weighted by atomic mass is 16.3. The molecule has 0 N–H and O–H groups in total. The quantitative estimate of drug-likeness (QED) is 0.533. The van der Waals surface area contributed by atoms with Gasteiger partial charge in [-0.1, -0.05) is 24.3 Å². The maximum Gasteiger partial charge on any atom is 0.152 e. The Morgan fingerprint density at radius 1 is 1.07 bits per heavy atom. The average molecular weight is 185 g/mol. The zero-order valence-electron chi connectivity index (χ0n) is 7.31. The van der Waals surface area contributed by atoms with Crippen LogP contribution in [-0.4, -0.2) is 6.29 Å². The monoisotopic (exact) mass is 185 g/mol. The van der Waals surface area contributed by atoms with E-state index in [4.69, 9.17) is 0 Å². The molecule has 68 valence electrons. The summed E-state index contributed by atoms with van der Waals surface area (Å²) in [5.74, 6) is 0. The van der Waals surface area contributed by atoms with Crippen molar-refractivity contribution < 1.29 is 4.79 Å². The van der Waals surface area contributed by atoms with Gasteiger partial charge in [-0.25, -0.2) is 0 Å². The summed E-state index contributed by atoms with van der Waals surface area (Å²) in [5, 5.41) is 4.65. The minimum Gasteiger partial charge on any atom is -0.298 e. The van der Waals surface area contributed by atoms with Gasteiger partial charge < -0.3 is 0 Å². The minimum absolute atomic E-state index is 0.193. The molecule has 3 heteroatoms. The number of hydrogen-bond donors (Lipinski definition) is 0. The van der Waals surface area contributed by atoms with E-state index in [1.54, 1.807) is 12.1 Å². The lowest BCUT2D eigenvalue weighted by molar-refractivity contribution is 0.112. The summed E-state index contributed by atoms with van der Waals surface area (Å²) in [6, 6.07) is 10.8. The Balaban J connectivity index is 2.81. The molecule has 0 saturated heterocycles. The van der Waals surface area contributed by atoms with Crippen LogP contribution in [0.1, 0.15) is 10.4 Å². The highest BCUT2D eigenvalue weighted by molar-refractivity contribution is 5.94. The van der Waals surface area contributed by atoms with Crippen LogP contribution in [0.2, 0.25) is 0 Å². The number of rotatable bonds is 2. The summed E-state index contributed by atoms with van der Waals surface area (Å²) in [6.07, 6.45) is 0.642. The smallest absolute Gasteiger partial charge is 0.152 e. The number of carbonyl (C=O) groups excluding carboxylic acids is 1. The summed E-state index contributed by atoms with van der Waals surface area (Å²) in [6.45, 7) is 0. The van der Waals surface area contributed by atoms with Gasteiger partial charge in [-0.05, 0) is 28.1 Å². The average Bonchev–Trinajstić information content (AvgIpc) is 2.27. The van der Waals surface area contributed by atoms with Crippen molar-refractivity contribution in [2.45, 2.75) is 0 Å². The molecular formula is C11H7NO2. The van der Waals surface area contributed by atoms with E-state index in [0.717, 1.165) is 10.8 Å². The summed E-state index contributed by atoms with van der Waals surface area (Å²) in [4.78, 5) is 21.1. The maximum absolute atomic E-state index is 10.6. The van der Waals surface area contributed by atoms with Gasteiger partial charge in [0.25, 0.3) is 0 Å². The number of hydrogen-bond acceptors (Lipinski definition) is 3. The van der Waals surface area contributed by atoms with E-state index >= 15 is 0 Å². The molecule has 0 bridgehead atoms. The van der Waals surface area contributed by atoms with E-state index < -0.39 is 0 Å². The lowest BCUT2D eigenvalue weighted by atomic mass is 10.1. The Labute approximate surface area is 80.3 Å². The summed E-state index contributed by atoms with van der Waals surface area (Å²) >= 11 is 0. The molecule has 14 heavy (non-hydrogen) atoms. The van der Waals surface area contributed by atoms with E-state index in [-0.39, 0.29) is 5.69 Å². The Hall–Kier alpha value is -2.03. The fraction of sp³-hybridized carbons (Fsp3) is 0. The van der Waals surface area contributed by atoms with Crippen LogP contribution in [0.25, 0.3) is 10.8 Å². The first-order valence-electron chi connectivity index (χ1n) is 4.16. The molecule has 0 aliphatic rings. The van der Waals surface area contributed by atoms with Crippen LogP contribution in [0, 0.1) is 4.91 Å². The third-order valence-electron chi connectivity index (χ3n) is 2.12. The van der Waals surface area contributed by atoms with Gasteiger partial charge in [0.1, 0.15) is 5.69 Å². The van der Waals surface area contributed by atoms with Crippen LogP contribution >= 0.6 is 0 Å². The molecule has 2 aromatic carbocycles. The predicted molar refractivity (Wildman–Crippen MR) is 54.8 cm³/mol. The van der Waals surface area contributed by atoms with E-state index in [1.807, 2.05) is 24.3 Å². The molecule has 0 unspecified atom stereocenters. The first-order valence-corrected chi connectivity index (χ1v) is 4.16. The first-order chi connectivity index (χ1) is 6.85. The third-order valence-corrected chi connectivity index (χ3v) is 2.12. The number of nitrogens with zero attached hydrogens (tertiary/aromatic N) is 1. The molecule has 0 aliphatic carbocycles. The second-order valence-electron chi connectivity index (χ2n) is 2.97. The highest BCUT2D eigenvalue weighted by Crippen LogP contribution is 2.24. The van der Waals surface area contributed by atoms with Gasteiger partial charge in [-0.2, -0.15) is 0 Å². The third kappa shape index (κ3) is 1.29. The second kappa shape index (κ2) is 3.38. The van der Waals surface area contributed by atoms with E-state index in [9.17, 15) is 9.70 Å². The highest BCUT2D eigenvalue weighted by Gasteiger charge is 2.03. The van der Waals surface area contributed by atoms with Gasteiger partial charge in [-0.3, -0.25) is 4.79 Å². The van der Waals surface area contributed by atoms with Crippen LogP contribution in [0.3, 0.4) is 0 Å². The zero-order chi connectivity index (χ0) is 9.97. The fourth-order valence-electron chi connectivity index (χ4n) is 1.42. The van der Waals surface area contributed by atoms with Crippen molar-refractivity contribution >= 4 is 22.7 Å². The molecule has 0 fully saturated rings. The van der Waals surface area contributed by atoms with Crippen LogP contribution in [0.5, 0.6) is 0 Å². The number of benzene rings is 2. The molecule has 0 aliphatic heterocycles. The van der Waals surface area contributed by atoms with E-state index in [0.29, 0.717) is 11.8 Å². The normalized spacial score (nSPS) is 10.0. The van der Waals surface area contributed by atoms with Crippen molar-refractivity contribution in [3.8, 4) is 0 Å². The van der Waals surface area contributed by atoms with Gasteiger partial charge in [0, 0.05) is 5.56 Å². The van der Waals surface area contributed by atoms with Crippen LogP contribution in [0.4, 0.5) is 5.69 Å². The van der Waals surface area contributed by atoms with Crippen LogP contribution in [0.15, 0.2) is 41.6 Å². The Kier molecular flexibility index (Phi) is 2.07. The lowest BCUT2D eigenvalue weighted by Crippen LogP contribution is -1.81. The van der Waals surface area contributed by atoms with Gasteiger partial charge in [0.15, 0.2) is 6.29 Å². The van der Waals surface area contributed by atoms with Crippen molar-refractivity contribution in [3.63, 3.8) is 0 Å². The van der Waals surface area contributed by atoms with Crippen molar-refractivity contribution in [2.24, 2.45) is 5.18 Å². The number of nitroso groups, excluding NO2 is 1. The fourth-order valence-corrected chi connectivity index (χ4v) is 1.42. The Bertz CT molecular complexity index is 459. The Morgan fingerprint density at radius 3 is 2.29 bits per heavy atom.